The molecule has 0 radical (unpaired) electrons. The molecule has 0 bridgehead atoms. The van der Waals surface area contributed by atoms with E-state index >= 15 is 0 Å². The number of aromatic nitrogens is 1. The van der Waals surface area contributed by atoms with Gasteiger partial charge in [0, 0.05) is 42.8 Å². The van der Waals surface area contributed by atoms with Crippen LogP contribution in [0.15, 0.2) is 42.6 Å². The molecule has 1 aromatic carbocycles. The van der Waals surface area contributed by atoms with Gasteiger partial charge >= 0.3 is 6.61 Å². The minimum absolute atomic E-state index is 0.0296. The Hall–Kier alpha value is -2.74. The van der Waals surface area contributed by atoms with Crippen molar-refractivity contribution in [1.82, 2.24) is 4.98 Å². The Labute approximate surface area is 155 Å². The Balaban J connectivity index is 1.59. The molecule has 0 saturated carbocycles. The summed E-state index contributed by atoms with van der Waals surface area (Å²) < 4.78 is 39.9. The first-order valence-electron chi connectivity index (χ1n) is 8.63. The van der Waals surface area contributed by atoms with Crippen molar-refractivity contribution in [2.24, 2.45) is 5.92 Å². The number of hydrogen-bond acceptors (Lipinski definition) is 5. The van der Waals surface area contributed by atoms with Crippen LogP contribution in [0.2, 0.25) is 0 Å². The monoisotopic (exact) mass is 378 g/mol. The Morgan fingerprint density at radius 3 is 2.85 bits per heavy atom. The largest absolute Gasteiger partial charge is 0.477 e. The third-order valence-electron chi connectivity index (χ3n) is 4.12. The Kier molecular flexibility index (Phi) is 6.54. The zero-order chi connectivity index (χ0) is 19.1. The van der Waals surface area contributed by atoms with Crippen molar-refractivity contribution in [3.63, 3.8) is 0 Å². The molecule has 0 unspecified atom stereocenters. The van der Waals surface area contributed by atoms with E-state index in [1.165, 1.54) is 24.4 Å². The van der Waals surface area contributed by atoms with Crippen LogP contribution in [0.25, 0.3) is 0 Å². The number of benzene rings is 1. The van der Waals surface area contributed by atoms with Gasteiger partial charge in [0.1, 0.15) is 5.75 Å². The number of nitrogens with zero attached hydrogens (tertiary/aromatic N) is 1. The van der Waals surface area contributed by atoms with Crippen molar-refractivity contribution in [3.8, 4) is 11.6 Å². The van der Waals surface area contributed by atoms with Crippen LogP contribution in [0.3, 0.4) is 0 Å². The van der Waals surface area contributed by atoms with E-state index in [-0.39, 0.29) is 5.75 Å². The maximum atomic E-state index is 12.4. The van der Waals surface area contributed by atoms with Gasteiger partial charge in [-0.2, -0.15) is 8.78 Å². The molecule has 1 amide bonds. The number of nitrogens with one attached hydrogen (secondary N) is 1. The van der Waals surface area contributed by atoms with Gasteiger partial charge in [0.2, 0.25) is 5.88 Å². The second-order valence-corrected chi connectivity index (χ2v) is 6.11. The molecule has 144 valence electrons. The zero-order valence-corrected chi connectivity index (χ0v) is 14.6. The summed E-state index contributed by atoms with van der Waals surface area (Å²) in [5.41, 5.74) is 0.701. The van der Waals surface area contributed by atoms with Crippen LogP contribution in [0.4, 0.5) is 14.5 Å². The first-order valence-corrected chi connectivity index (χ1v) is 8.63. The van der Waals surface area contributed by atoms with Crippen molar-refractivity contribution in [3.05, 3.63) is 48.2 Å². The number of hydrogen-bond donors (Lipinski definition) is 1. The fourth-order valence-corrected chi connectivity index (χ4v) is 2.70. The van der Waals surface area contributed by atoms with Crippen molar-refractivity contribution >= 4 is 11.6 Å². The summed E-state index contributed by atoms with van der Waals surface area (Å²) in [7, 11) is 0. The normalized spacial score (nSPS) is 14.8. The van der Waals surface area contributed by atoms with E-state index in [1.807, 2.05) is 0 Å². The van der Waals surface area contributed by atoms with Crippen molar-refractivity contribution in [1.29, 1.82) is 0 Å². The number of carbonyl (C=O) groups is 1. The standard InChI is InChI=1S/C19H20F2N2O4/c20-19(21)27-16-3-1-2-15(11-16)23-18(24)14-4-7-22-17(10-14)26-12-13-5-8-25-9-6-13/h1-4,7,10-11,13,19H,5-6,8-9,12H2,(H,23,24). The van der Waals surface area contributed by atoms with Gasteiger partial charge in [-0.25, -0.2) is 4.98 Å². The van der Waals surface area contributed by atoms with Crippen molar-refractivity contribution in [2.45, 2.75) is 19.5 Å². The molecule has 0 atom stereocenters. The van der Waals surface area contributed by atoms with Crippen LogP contribution >= 0.6 is 0 Å². The minimum Gasteiger partial charge on any atom is -0.477 e. The molecular formula is C19H20F2N2O4. The average Bonchev–Trinajstić information content (AvgIpc) is 2.67. The summed E-state index contributed by atoms with van der Waals surface area (Å²) in [5.74, 6) is 0.347. The number of carbonyl (C=O) groups excluding carboxylic acids is 1. The predicted molar refractivity (Wildman–Crippen MR) is 94.3 cm³/mol. The van der Waals surface area contributed by atoms with Gasteiger partial charge in [0.15, 0.2) is 0 Å². The fraction of sp³-hybridized carbons (Fsp3) is 0.368. The lowest BCUT2D eigenvalue weighted by Crippen LogP contribution is -2.21. The Morgan fingerprint density at radius 2 is 2.07 bits per heavy atom. The van der Waals surface area contributed by atoms with E-state index < -0.39 is 12.5 Å². The number of alkyl halides is 2. The Bertz CT molecular complexity index is 767. The first kappa shape index (κ1) is 19.0. The van der Waals surface area contributed by atoms with Crippen LogP contribution in [0.5, 0.6) is 11.6 Å². The molecule has 2 aromatic rings. The number of anilines is 1. The van der Waals surface area contributed by atoms with Crippen LogP contribution in [0.1, 0.15) is 23.2 Å². The number of ether oxygens (including phenoxy) is 3. The molecule has 1 aliphatic heterocycles. The third-order valence-corrected chi connectivity index (χ3v) is 4.12. The number of amides is 1. The van der Waals surface area contributed by atoms with E-state index in [4.69, 9.17) is 9.47 Å². The molecule has 1 aliphatic rings. The Morgan fingerprint density at radius 1 is 1.26 bits per heavy atom. The smallest absolute Gasteiger partial charge is 0.387 e. The molecule has 0 spiro atoms. The van der Waals surface area contributed by atoms with E-state index in [0.29, 0.717) is 29.7 Å². The second kappa shape index (κ2) is 9.27. The number of rotatable bonds is 7. The van der Waals surface area contributed by atoms with Gasteiger partial charge in [0.25, 0.3) is 5.91 Å². The average molecular weight is 378 g/mol. The highest BCUT2D eigenvalue weighted by molar-refractivity contribution is 6.04. The van der Waals surface area contributed by atoms with E-state index in [2.05, 4.69) is 15.0 Å². The van der Waals surface area contributed by atoms with E-state index in [0.717, 1.165) is 26.1 Å². The van der Waals surface area contributed by atoms with Gasteiger partial charge in [-0.1, -0.05) is 6.07 Å². The molecule has 1 saturated heterocycles. The van der Waals surface area contributed by atoms with Crippen molar-refractivity contribution < 1.29 is 27.8 Å². The molecule has 1 aromatic heterocycles. The number of halogens is 2. The summed E-state index contributed by atoms with van der Waals surface area (Å²) >= 11 is 0. The second-order valence-electron chi connectivity index (χ2n) is 6.11. The lowest BCUT2D eigenvalue weighted by molar-refractivity contribution is -0.0498. The highest BCUT2D eigenvalue weighted by atomic mass is 19.3. The van der Waals surface area contributed by atoms with Gasteiger partial charge < -0.3 is 19.5 Å². The minimum atomic E-state index is -2.92. The molecule has 0 aliphatic carbocycles. The summed E-state index contributed by atoms with van der Waals surface area (Å²) in [4.78, 5) is 16.5. The molecule has 27 heavy (non-hydrogen) atoms. The molecule has 6 nitrogen and oxygen atoms in total. The number of pyridine rings is 1. The molecule has 8 heteroatoms. The first-order chi connectivity index (χ1) is 13.1. The summed E-state index contributed by atoms with van der Waals surface area (Å²) in [5, 5.41) is 2.64. The molecule has 1 N–H and O–H groups in total. The predicted octanol–water partition coefficient (Wildman–Crippen LogP) is 3.74. The van der Waals surface area contributed by atoms with Crippen LogP contribution in [0, 0.1) is 5.92 Å². The molecular weight excluding hydrogens is 358 g/mol. The van der Waals surface area contributed by atoms with Crippen molar-refractivity contribution in [2.75, 3.05) is 25.1 Å². The lowest BCUT2D eigenvalue weighted by Gasteiger charge is -2.21. The van der Waals surface area contributed by atoms with Gasteiger partial charge in [-0.15, -0.1) is 0 Å². The topological polar surface area (TPSA) is 69.7 Å². The maximum absolute atomic E-state index is 12.4. The SMILES string of the molecule is O=C(Nc1cccc(OC(F)F)c1)c1ccnc(OCC2CCOCC2)c1. The zero-order valence-electron chi connectivity index (χ0n) is 14.6. The molecule has 3 rings (SSSR count). The third kappa shape index (κ3) is 5.89. The van der Waals surface area contributed by atoms with Crippen LogP contribution < -0.4 is 14.8 Å². The summed E-state index contributed by atoms with van der Waals surface area (Å²) in [6, 6.07) is 8.91. The lowest BCUT2D eigenvalue weighted by atomic mass is 10.0. The van der Waals surface area contributed by atoms with Gasteiger partial charge in [0.05, 0.1) is 6.61 Å². The van der Waals surface area contributed by atoms with E-state index in [1.54, 1.807) is 18.2 Å². The van der Waals surface area contributed by atoms with Crippen LogP contribution in [-0.4, -0.2) is 37.3 Å². The highest BCUT2D eigenvalue weighted by Crippen LogP contribution is 2.21. The molecule has 2 heterocycles. The van der Waals surface area contributed by atoms with E-state index in [9.17, 15) is 13.6 Å². The van der Waals surface area contributed by atoms with Crippen LogP contribution in [-0.2, 0) is 4.74 Å². The summed E-state index contributed by atoms with van der Waals surface area (Å²) in [6.45, 7) is -0.933. The quantitative estimate of drug-likeness (QED) is 0.795. The molecule has 1 fully saturated rings. The van der Waals surface area contributed by atoms with Gasteiger partial charge in [-0.3, -0.25) is 4.79 Å². The highest BCUT2D eigenvalue weighted by Gasteiger charge is 2.15. The van der Waals surface area contributed by atoms with Gasteiger partial charge in [-0.05, 0) is 37.0 Å². The fourth-order valence-electron chi connectivity index (χ4n) is 2.70. The summed E-state index contributed by atoms with van der Waals surface area (Å²) in [6.07, 6.45) is 3.37. The maximum Gasteiger partial charge on any atom is 0.387 e.